The van der Waals surface area contributed by atoms with Crippen LogP contribution in [0.2, 0.25) is 0 Å². The van der Waals surface area contributed by atoms with E-state index in [-0.39, 0.29) is 5.82 Å². The van der Waals surface area contributed by atoms with E-state index in [1.807, 2.05) is 45.2 Å². The Morgan fingerprint density at radius 1 is 1.60 bits per heavy atom. The standard InChI is InChI=1S/C4H3I2N3O/c5-1-2(6)9-4(8-1)3(7)10/h(H2,7,10)(H,8,9). The van der Waals surface area contributed by atoms with Crippen molar-refractivity contribution >= 4 is 51.1 Å². The van der Waals surface area contributed by atoms with Gasteiger partial charge in [-0.1, -0.05) is 0 Å². The molecule has 0 aromatic carbocycles. The monoisotopic (exact) mass is 363 g/mol. The minimum absolute atomic E-state index is 0.216. The molecule has 0 bridgehead atoms. The van der Waals surface area contributed by atoms with Crippen molar-refractivity contribution in [3.8, 4) is 0 Å². The number of nitrogens with zero attached hydrogens (tertiary/aromatic N) is 1. The third kappa shape index (κ3) is 1.59. The Kier molecular flexibility index (Phi) is 2.50. The van der Waals surface area contributed by atoms with Crippen LogP contribution in [0, 0.1) is 7.40 Å². The van der Waals surface area contributed by atoms with Gasteiger partial charge in [0.15, 0.2) is 5.82 Å². The van der Waals surface area contributed by atoms with E-state index in [1.54, 1.807) is 0 Å². The van der Waals surface area contributed by atoms with Crippen molar-refractivity contribution < 1.29 is 4.79 Å². The first-order valence-corrected chi connectivity index (χ1v) is 4.48. The van der Waals surface area contributed by atoms with Crippen molar-refractivity contribution in [2.24, 2.45) is 5.73 Å². The number of aromatic nitrogens is 2. The topological polar surface area (TPSA) is 71.8 Å². The number of nitrogens with one attached hydrogen (secondary N) is 1. The summed E-state index contributed by atoms with van der Waals surface area (Å²) in [5.74, 6) is -0.311. The molecular weight excluding hydrogens is 360 g/mol. The number of hydrogen-bond donors (Lipinski definition) is 2. The Hall–Kier alpha value is 0.140. The van der Waals surface area contributed by atoms with Crippen LogP contribution >= 0.6 is 45.2 Å². The highest BCUT2D eigenvalue weighted by Gasteiger charge is 2.08. The van der Waals surface area contributed by atoms with Gasteiger partial charge >= 0.3 is 0 Å². The van der Waals surface area contributed by atoms with E-state index >= 15 is 0 Å². The number of aromatic amines is 1. The number of nitrogens with two attached hydrogens (primary N) is 1. The van der Waals surface area contributed by atoms with E-state index < -0.39 is 5.91 Å². The molecule has 1 heterocycles. The number of primary amides is 1. The van der Waals surface area contributed by atoms with Crippen LogP contribution in [0.3, 0.4) is 0 Å². The van der Waals surface area contributed by atoms with E-state index in [1.165, 1.54) is 0 Å². The van der Waals surface area contributed by atoms with Gasteiger partial charge in [-0.2, -0.15) is 0 Å². The predicted octanol–water partition coefficient (Wildman–Crippen LogP) is 0.718. The number of hydrogen-bond acceptors (Lipinski definition) is 2. The van der Waals surface area contributed by atoms with Gasteiger partial charge in [0.05, 0.1) is 0 Å². The molecule has 0 aliphatic carbocycles. The summed E-state index contributed by atoms with van der Waals surface area (Å²) < 4.78 is 1.61. The molecule has 0 unspecified atom stereocenters. The maximum absolute atomic E-state index is 10.5. The fourth-order valence-electron chi connectivity index (χ4n) is 0.447. The number of halogens is 2. The molecule has 10 heavy (non-hydrogen) atoms. The number of amides is 1. The highest BCUT2D eigenvalue weighted by atomic mass is 127. The molecule has 0 spiro atoms. The van der Waals surface area contributed by atoms with Gasteiger partial charge in [0.2, 0.25) is 0 Å². The van der Waals surface area contributed by atoms with Crippen molar-refractivity contribution in [2.75, 3.05) is 0 Å². The van der Waals surface area contributed by atoms with Gasteiger partial charge in [0.25, 0.3) is 5.91 Å². The number of imidazole rings is 1. The summed E-state index contributed by atoms with van der Waals surface area (Å²) in [4.78, 5) is 17.1. The van der Waals surface area contributed by atoms with Crippen LogP contribution in [0.1, 0.15) is 10.6 Å². The zero-order chi connectivity index (χ0) is 7.72. The van der Waals surface area contributed by atoms with E-state index in [2.05, 4.69) is 9.97 Å². The molecule has 0 aliphatic rings. The van der Waals surface area contributed by atoms with E-state index in [4.69, 9.17) is 5.73 Å². The van der Waals surface area contributed by atoms with Crippen LogP contribution in [-0.4, -0.2) is 15.9 Å². The third-order valence-electron chi connectivity index (χ3n) is 0.853. The zero-order valence-corrected chi connectivity index (χ0v) is 9.00. The largest absolute Gasteiger partial charge is 0.363 e. The first kappa shape index (κ1) is 8.24. The molecule has 54 valence electrons. The second kappa shape index (κ2) is 3.03. The molecule has 0 saturated heterocycles. The van der Waals surface area contributed by atoms with Crippen LogP contribution in [0.4, 0.5) is 0 Å². The molecule has 0 radical (unpaired) electrons. The summed E-state index contributed by atoms with van der Waals surface area (Å²) in [6.07, 6.45) is 0. The Bertz CT molecular complexity index is 250. The quantitative estimate of drug-likeness (QED) is 0.722. The molecule has 4 nitrogen and oxygen atoms in total. The van der Waals surface area contributed by atoms with Crippen LogP contribution < -0.4 is 5.73 Å². The number of carbonyl (C=O) groups is 1. The molecule has 1 aromatic rings. The molecule has 0 saturated carbocycles. The molecular formula is C4H3I2N3O. The van der Waals surface area contributed by atoms with E-state index in [0.717, 1.165) is 7.40 Å². The lowest BCUT2D eigenvalue weighted by atomic mass is 10.6. The Morgan fingerprint density at radius 2 is 2.20 bits per heavy atom. The lowest BCUT2D eigenvalue weighted by molar-refractivity contribution is 0.0991. The Labute approximate surface area is 84.3 Å². The average Bonchev–Trinajstić information content (AvgIpc) is 2.13. The molecule has 1 aromatic heterocycles. The smallest absolute Gasteiger partial charge is 0.284 e. The van der Waals surface area contributed by atoms with Gasteiger partial charge in [0, 0.05) is 0 Å². The first-order valence-electron chi connectivity index (χ1n) is 2.32. The van der Waals surface area contributed by atoms with Crippen molar-refractivity contribution in [3.63, 3.8) is 0 Å². The fourth-order valence-corrected chi connectivity index (χ4v) is 1.20. The minimum atomic E-state index is -0.527. The van der Waals surface area contributed by atoms with Crippen LogP contribution in [0.5, 0.6) is 0 Å². The van der Waals surface area contributed by atoms with Crippen LogP contribution in [-0.2, 0) is 0 Å². The lowest BCUT2D eigenvalue weighted by Gasteiger charge is -1.81. The molecule has 0 fully saturated rings. The lowest BCUT2D eigenvalue weighted by Crippen LogP contribution is -2.12. The number of rotatable bonds is 1. The molecule has 1 amide bonds. The van der Waals surface area contributed by atoms with E-state index in [9.17, 15) is 4.79 Å². The molecule has 3 N–H and O–H groups in total. The van der Waals surface area contributed by atoms with Crippen LogP contribution in [0.15, 0.2) is 0 Å². The predicted molar refractivity (Wildman–Crippen MR) is 52.5 cm³/mol. The summed E-state index contributed by atoms with van der Waals surface area (Å²) in [5.41, 5.74) is 4.96. The average molecular weight is 363 g/mol. The van der Waals surface area contributed by atoms with Crippen molar-refractivity contribution in [1.29, 1.82) is 0 Å². The summed E-state index contributed by atoms with van der Waals surface area (Å²) in [6.45, 7) is 0. The van der Waals surface area contributed by atoms with Gasteiger partial charge in [-0.25, -0.2) is 4.98 Å². The zero-order valence-electron chi connectivity index (χ0n) is 4.69. The fraction of sp³-hybridized carbons (Fsp3) is 0. The molecule has 0 atom stereocenters. The highest BCUT2D eigenvalue weighted by Crippen LogP contribution is 2.10. The molecule has 6 heteroatoms. The SMILES string of the molecule is NC(=O)c1nc(I)c(I)[nH]1. The summed E-state index contributed by atoms with van der Waals surface area (Å²) in [6, 6.07) is 0. The first-order chi connectivity index (χ1) is 4.61. The number of carbonyl (C=O) groups excluding carboxylic acids is 1. The van der Waals surface area contributed by atoms with Gasteiger partial charge in [-0.3, -0.25) is 4.79 Å². The number of H-pyrrole nitrogens is 1. The van der Waals surface area contributed by atoms with Gasteiger partial charge in [-0.15, -0.1) is 0 Å². The van der Waals surface area contributed by atoms with Crippen LogP contribution in [0.25, 0.3) is 0 Å². The maximum Gasteiger partial charge on any atom is 0.284 e. The van der Waals surface area contributed by atoms with E-state index in [0.29, 0.717) is 0 Å². The normalized spacial score (nSPS) is 9.80. The maximum atomic E-state index is 10.5. The summed E-state index contributed by atoms with van der Waals surface area (Å²) >= 11 is 4.07. The second-order valence-electron chi connectivity index (χ2n) is 1.55. The summed E-state index contributed by atoms with van der Waals surface area (Å²) in [7, 11) is 0. The highest BCUT2D eigenvalue weighted by molar-refractivity contribution is 14.1. The van der Waals surface area contributed by atoms with Gasteiger partial charge in [-0.05, 0) is 45.2 Å². The summed E-state index contributed by atoms with van der Waals surface area (Å²) in [5, 5.41) is 0. The minimum Gasteiger partial charge on any atom is -0.363 e. The molecule has 0 aliphatic heterocycles. The van der Waals surface area contributed by atoms with Gasteiger partial charge < -0.3 is 10.7 Å². The third-order valence-corrected chi connectivity index (χ3v) is 3.45. The van der Waals surface area contributed by atoms with Gasteiger partial charge in [0.1, 0.15) is 7.40 Å². The Morgan fingerprint density at radius 3 is 2.40 bits per heavy atom. The Balaban J connectivity index is 3.10. The van der Waals surface area contributed by atoms with Crippen molar-refractivity contribution in [3.05, 3.63) is 13.2 Å². The second-order valence-corrected chi connectivity index (χ2v) is 3.66. The van der Waals surface area contributed by atoms with Crippen molar-refractivity contribution in [2.45, 2.75) is 0 Å². The van der Waals surface area contributed by atoms with Crippen molar-refractivity contribution in [1.82, 2.24) is 9.97 Å². The molecule has 1 rings (SSSR count).